The molecular formula is C24H27F3N8O. The summed E-state index contributed by atoms with van der Waals surface area (Å²) in [6.45, 7) is 6.54. The standard InChI is InChI=1S/C24H27F3N8O/c1-14(29)18(9-28)22-15(2)33(7-8-34(22)17-12-36-13-17)21-5-6-30-23(32-21)19-10-31-20-4-3-16(11-35(19)20)24(25,26)27/h3-6,9-11,15,17,22,28H,7-8,12-13,29H2,1-2H3/b18-14+,28-9?. The van der Waals surface area contributed by atoms with E-state index in [-0.39, 0.29) is 23.9 Å². The van der Waals surface area contributed by atoms with E-state index in [4.69, 9.17) is 20.9 Å². The molecule has 0 saturated carbocycles. The number of nitrogens with one attached hydrogen (secondary N) is 1. The molecule has 2 unspecified atom stereocenters. The molecule has 3 N–H and O–H groups in total. The van der Waals surface area contributed by atoms with E-state index in [1.807, 2.05) is 0 Å². The zero-order valence-corrected chi connectivity index (χ0v) is 19.9. The van der Waals surface area contributed by atoms with Crippen molar-refractivity contribution in [1.82, 2.24) is 24.3 Å². The summed E-state index contributed by atoms with van der Waals surface area (Å²) in [5.41, 5.74) is 7.46. The maximum Gasteiger partial charge on any atom is 0.417 e. The predicted octanol–water partition coefficient (Wildman–Crippen LogP) is 2.97. The fraction of sp³-hybridized carbons (Fsp3) is 0.417. The van der Waals surface area contributed by atoms with Crippen molar-refractivity contribution in [3.63, 3.8) is 0 Å². The predicted molar refractivity (Wildman–Crippen MR) is 129 cm³/mol. The smallest absolute Gasteiger partial charge is 0.402 e. The number of aromatic nitrogens is 4. The number of hydrogen-bond donors (Lipinski definition) is 2. The van der Waals surface area contributed by atoms with Crippen molar-refractivity contribution in [2.24, 2.45) is 5.73 Å². The summed E-state index contributed by atoms with van der Waals surface area (Å²) in [7, 11) is 0. The Morgan fingerprint density at radius 1 is 1.19 bits per heavy atom. The summed E-state index contributed by atoms with van der Waals surface area (Å²) >= 11 is 0. The highest BCUT2D eigenvalue weighted by molar-refractivity contribution is 5.79. The fourth-order valence-corrected chi connectivity index (χ4v) is 4.98. The Kier molecular flexibility index (Phi) is 6.17. The third-order valence-corrected chi connectivity index (χ3v) is 6.92. The number of anilines is 1. The third kappa shape index (κ3) is 4.20. The number of rotatable bonds is 5. The molecule has 2 fully saturated rings. The summed E-state index contributed by atoms with van der Waals surface area (Å²) in [5, 5.41) is 8.01. The number of allylic oxidation sites excluding steroid dienone is 1. The Labute approximate surface area is 205 Å². The van der Waals surface area contributed by atoms with E-state index in [1.54, 1.807) is 19.2 Å². The lowest BCUT2D eigenvalue weighted by atomic mass is 9.92. The normalized spacial score (nSPS) is 22.4. The van der Waals surface area contributed by atoms with E-state index in [0.29, 0.717) is 42.6 Å². The molecule has 3 aromatic heterocycles. The second-order valence-corrected chi connectivity index (χ2v) is 9.12. The maximum atomic E-state index is 13.3. The number of pyridine rings is 1. The molecule has 2 aliphatic heterocycles. The summed E-state index contributed by atoms with van der Waals surface area (Å²) in [4.78, 5) is 17.8. The van der Waals surface area contributed by atoms with Crippen LogP contribution in [-0.2, 0) is 10.9 Å². The van der Waals surface area contributed by atoms with Gasteiger partial charge in [-0.05, 0) is 32.0 Å². The van der Waals surface area contributed by atoms with Crippen LogP contribution < -0.4 is 10.6 Å². The van der Waals surface area contributed by atoms with Crippen LogP contribution in [0.5, 0.6) is 0 Å². The van der Waals surface area contributed by atoms with Crippen LogP contribution >= 0.6 is 0 Å². The van der Waals surface area contributed by atoms with Crippen LogP contribution in [0.25, 0.3) is 17.2 Å². The molecular weight excluding hydrogens is 473 g/mol. The fourth-order valence-electron chi connectivity index (χ4n) is 4.98. The van der Waals surface area contributed by atoms with Crippen molar-refractivity contribution >= 4 is 17.7 Å². The summed E-state index contributed by atoms with van der Waals surface area (Å²) in [6, 6.07) is 4.15. The first-order valence-corrected chi connectivity index (χ1v) is 11.6. The van der Waals surface area contributed by atoms with Gasteiger partial charge in [-0.15, -0.1) is 0 Å². The van der Waals surface area contributed by atoms with Crippen LogP contribution in [0.15, 0.2) is 48.1 Å². The molecule has 2 saturated heterocycles. The second-order valence-electron chi connectivity index (χ2n) is 9.12. The maximum absolute atomic E-state index is 13.3. The van der Waals surface area contributed by atoms with Gasteiger partial charge < -0.3 is 20.8 Å². The van der Waals surface area contributed by atoms with Gasteiger partial charge >= 0.3 is 6.18 Å². The molecule has 2 atom stereocenters. The molecule has 5 heterocycles. The van der Waals surface area contributed by atoms with Crippen LogP contribution in [0, 0.1) is 5.41 Å². The highest BCUT2D eigenvalue weighted by Gasteiger charge is 2.42. The van der Waals surface area contributed by atoms with Crippen LogP contribution in [-0.4, -0.2) is 74.9 Å². The van der Waals surface area contributed by atoms with Crippen molar-refractivity contribution in [1.29, 1.82) is 5.41 Å². The Hall–Kier alpha value is -3.51. The summed E-state index contributed by atoms with van der Waals surface area (Å²) < 4.78 is 46.7. The topological polar surface area (TPSA) is 109 Å². The molecule has 12 heteroatoms. The number of hydrogen-bond acceptors (Lipinski definition) is 8. The van der Waals surface area contributed by atoms with Gasteiger partial charge in [0.05, 0.1) is 37.1 Å². The van der Waals surface area contributed by atoms with Gasteiger partial charge in [0.15, 0.2) is 5.82 Å². The van der Waals surface area contributed by atoms with Gasteiger partial charge in [-0.3, -0.25) is 9.30 Å². The van der Waals surface area contributed by atoms with Crippen molar-refractivity contribution in [2.45, 2.75) is 38.1 Å². The minimum atomic E-state index is -4.48. The van der Waals surface area contributed by atoms with Crippen LogP contribution in [0.1, 0.15) is 19.4 Å². The molecule has 0 radical (unpaired) electrons. The zero-order valence-electron chi connectivity index (χ0n) is 19.9. The van der Waals surface area contributed by atoms with E-state index in [2.05, 4.69) is 26.7 Å². The lowest BCUT2D eigenvalue weighted by molar-refractivity contribution is -0.137. The van der Waals surface area contributed by atoms with E-state index >= 15 is 0 Å². The van der Waals surface area contributed by atoms with Crippen LogP contribution in [0.3, 0.4) is 0 Å². The number of alkyl halides is 3. The first-order chi connectivity index (χ1) is 17.2. The van der Waals surface area contributed by atoms with Gasteiger partial charge in [0.25, 0.3) is 0 Å². The van der Waals surface area contributed by atoms with E-state index in [0.717, 1.165) is 24.4 Å². The minimum absolute atomic E-state index is 0.0868. The largest absolute Gasteiger partial charge is 0.417 e. The lowest BCUT2D eigenvalue weighted by Crippen LogP contribution is -2.66. The van der Waals surface area contributed by atoms with Crippen molar-refractivity contribution in [2.75, 3.05) is 31.2 Å². The molecule has 0 spiro atoms. The molecule has 2 aliphatic rings. The lowest BCUT2D eigenvalue weighted by Gasteiger charge is -2.52. The number of nitrogens with two attached hydrogens (primary N) is 1. The SMILES string of the molecule is C/C(N)=C(/C=N)C1C(C)N(c2ccnc(-c3cnc4ccc(C(F)(F)F)cn34)n2)CCN1C1COC1. The summed E-state index contributed by atoms with van der Waals surface area (Å²) in [6.07, 6.45) is 0.921. The zero-order chi connectivity index (χ0) is 25.6. The first kappa shape index (κ1) is 24.2. The Bertz CT molecular complexity index is 1310. The average Bonchev–Trinajstić information content (AvgIpc) is 3.23. The van der Waals surface area contributed by atoms with Gasteiger partial charge in [0, 0.05) is 49.0 Å². The third-order valence-electron chi connectivity index (χ3n) is 6.92. The number of imidazole rings is 1. The van der Waals surface area contributed by atoms with E-state index in [9.17, 15) is 13.2 Å². The van der Waals surface area contributed by atoms with E-state index in [1.165, 1.54) is 22.9 Å². The molecule has 0 bridgehead atoms. The average molecular weight is 501 g/mol. The highest BCUT2D eigenvalue weighted by Crippen LogP contribution is 2.32. The quantitative estimate of drug-likeness (QED) is 0.519. The first-order valence-electron chi connectivity index (χ1n) is 11.6. The molecule has 5 rings (SSSR count). The second kappa shape index (κ2) is 9.17. The molecule has 0 aromatic carbocycles. The number of fused-ring (bicyclic) bond motifs is 1. The molecule has 0 amide bonds. The number of piperazine rings is 1. The van der Waals surface area contributed by atoms with E-state index < -0.39 is 11.7 Å². The monoisotopic (exact) mass is 500 g/mol. The molecule has 9 nitrogen and oxygen atoms in total. The van der Waals surface area contributed by atoms with Gasteiger partial charge in [0.2, 0.25) is 0 Å². The Morgan fingerprint density at radius 3 is 2.61 bits per heavy atom. The number of ether oxygens (including phenoxy) is 1. The minimum Gasteiger partial charge on any atom is -0.402 e. The van der Waals surface area contributed by atoms with Crippen molar-refractivity contribution in [3.05, 3.63) is 53.6 Å². The highest BCUT2D eigenvalue weighted by atomic mass is 19.4. The Balaban J connectivity index is 1.51. The van der Waals surface area contributed by atoms with Gasteiger partial charge in [-0.1, -0.05) is 0 Å². The van der Waals surface area contributed by atoms with Crippen LogP contribution in [0.4, 0.5) is 19.0 Å². The van der Waals surface area contributed by atoms with Gasteiger partial charge in [-0.25, -0.2) is 15.0 Å². The summed E-state index contributed by atoms with van der Waals surface area (Å²) in [5.74, 6) is 0.915. The molecule has 190 valence electrons. The molecule has 36 heavy (non-hydrogen) atoms. The van der Waals surface area contributed by atoms with Crippen molar-refractivity contribution in [3.8, 4) is 11.5 Å². The van der Waals surface area contributed by atoms with Gasteiger partial charge in [0.1, 0.15) is 17.2 Å². The molecule has 0 aliphatic carbocycles. The van der Waals surface area contributed by atoms with Crippen LogP contribution in [0.2, 0.25) is 0 Å². The molecule has 3 aromatic rings. The number of halogens is 3. The van der Waals surface area contributed by atoms with Gasteiger partial charge in [-0.2, -0.15) is 13.2 Å². The van der Waals surface area contributed by atoms with Crippen molar-refractivity contribution < 1.29 is 17.9 Å². The number of nitrogens with zero attached hydrogens (tertiary/aromatic N) is 6. The Morgan fingerprint density at radius 2 is 1.97 bits per heavy atom.